The lowest BCUT2D eigenvalue weighted by Crippen LogP contribution is -2.43. The molecule has 0 spiro atoms. The zero-order valence-electron chi connectivity index (χ0n) is 15.2. The average Bonchev–Trinajstić information content (AvgIpc) is 2.68. The van der Waals surface area contributed by atoms with Gasteiger partial charge in [-0.2, -0.15) is 0 Å². The van der Waals surface area contributed by atoms with Crippen LogP contribution in [0.15, 0.2) is 41.3 Å². The minimum atomic E-state index is -3.84. The minimum absolute atomic E-state index is 0.138. The van der Waals surface area contributed by atoms with Gasteiger partial charge in [-0.15, -0.1) is 0 Å². The Morgan fingerprint density at radius 2 is 1.70 bits per heavy atom. The minimum Gasteiger partial charge on any atom is -0.495 e. The van der Waals surface area contributed by atoms with Gasteiger partial charge in [0.25, 0.3) is 10.0 Å². The molecule has 7 nitrogen and oxygen atoms in total. The highest BCUT2D eigenvalue weighted by Gasteiger charge is 2.22. The summed E-state index contributed by atoms with van der Waals surface area (Å²) in [7, 11) is -0.792. The van der Waals surface area contributed by atoms with Gasteiger partial charge in [0.05, 0.1) is 30.5 Å². The second-order valence-corrected chi connectivity index (χ2v) is 8.14. The summed E-state index contributed by atoms with van der Waals surface area (Å²) >= 11 is 6.00. The fourth-order valence-corrected chi connectivity index (χ4v) is 4.21. The number of rotatable bonds is 6. The maximum atomic E-state index is 12.9. The number of hydrogen-bond donors (Lipinski definition) is 2. The zero-order valence-corrected chi connectivity index (χ0v) is 16.7. The first-order chi connectivity index (χ1) is 12.9. The highest BCUT2D eigenvalue weighted by atomic mass is 35.5. The van der Waals surface area contributed by atoms with Gasteiger partial charge >= 0.3 is 0 Å². The lowest BCUT2D eigenvalue weighted by atomic mass is 10.2. The van der Waals surface area contributed by atoms with Gasteiger partial charge in [0, 0.05) is 31.2 Å². The van der Waals surface area contributed by atoms with Crippen LogP contribution in [0, 0.1) is 0 Å². The van der Waals surface area contributed by atoms with E-state index in [-0.39, 0.29) is 10.6 Å². The van der Waals surface area contributed by atoms with Gasteiger partial charge in [-0.25, -0.2) is 8.42 Å². The van der Waals surface area contributed by atoms with Crippen LogP contribution in [0.25, 0.3) is 0 Å². The van der Waals surface area contributed by atoms with Gasteiger partial charge in [-0.05, 0) is 36.4 Å². The molecule has 1 heterocycles. The van der Waals surface area contributed by atoms with Crippen LogP contribution in [0.2, 0.25) is 5.02 Å². The normalized spacial score (nSPS) is 14.7. The number of piperazine rings is 1. The summed E-state index contributed by atoms with van der Waals surface area (Å²) in [6.45, 7) is 3.21. The first-order valence-electron chi connectivity index (χ1n) is 8.44. The number of benzene rings is 2. The summed E-state index contributed by atoms with van der Waals surface area (Å²) in [5.74, 6) is 1.02. The molecule has 0 radical (unpaired) electrons. The van der Waals surface area contributed by atoms with Crippen molar-refractivity contribution >= 4 is 33.0 Å². The molecule has 0 amide bonds. The fourth-order valence-electron chi connectivity index (χ4n) is 2.95. The number of halogens is 1. The lowest BCUT2D eigenvalue weighted by Gasteiger charge is -2.30. The second-order valence-electron chi connectivity index (χ2n) is 6.02. The predicted molar refractivity (Wildman–Crippen MR) is 107 cm³/mol. The smallest absolute Gasteiger partial charge is 0.262 e. The molecule has 2 aromatic carbocycles. The van der Waals surface area contributed by atoms with Crippen molar-refractivity contribution in [1.29, 1.82) is 0 Å². The average molecular weight is 412 g/mol. The first kappa shape index (κ1) is 19.6. The summed E-state index contributed by atoms with van der Waals surface area (Å²) in [4.78, 5) is 2.24. The van der Waals surface area contributed by atoms with E-state index in [4.69, 9.17) is 21.1 Å². The van der Waals surface area contributed by atoms with E-state index >= 15 is 0 Å². The largest absolute Gasteiger partial charge is 0.495 e. The summed E-state index contributed by atoms with van der Waals surface area (Å²) in [6, 6.07) is 9.57. The van der Waals surface area contributed by atoms with Crippen molar-refractivity contribution in [3.8, 4) is 11.5 Å². The van der Waals surface area contributed by atoms with Crippen LogP contribution >= 0.6 is 11.6 Å². The van der Waals surface area contributed by atoms with E-state index in [1.54, 1.807) is 31.4 Å². The van der Waals surface area contributed by atoms with Gasteiger partial charge in [-0.1, -0.05) is 11.6 Å². The monoisotopic (exact) mass is 411 g/mol. The van der Waals surface area contributed by atoms with Crippen LogP contribution in [-0.4, -0.2) is 48.8 Å². The Hall–Kier alpha value is -2.16. The third-order valence-electron chi connectivity index (χ3n) is 4.32. The number of nitrogens with one attached hydrogen (secondary N) is 2. The Balaban J connectivity index is 1.96. The van der Waals surface area contributed by atoms with E-state index in [1.165, 1.54) is 19.2 Å². The van der Waals surface area contributed by atoms with Crippen LogP contribution in [0.1, 0.15) is 0 Å². The second kappa shape index (κ2) is 8.24. The Kier molecular flexibility index (Phi) is 5.98. The van der Waals surface area contributed by atoms with E-state index < -0.39 is 10.0 Å². The van der Waals surface area contributed by atoms with Gasteiger partial charge in [-0.3, -0.25) is 4.72 Å². The van der Waals surface area contributed by atoms with Crippen molar-refractivity contribution in [2.75, 3.05) is 50.0 Å². The molecular formula is C18H22ClN3O4S. The third kappa shape index (κ3) is 4.40. The molecule has 0 bridgehead atoms. The maximum absolute atomic E-state index is 12.9. The molecule has 2 N–H and O–H groups in total. The molecule has 1 saturated heterocycles. The molecule has 3 rings (SSSR count). The van der Waals surface area contributed by atoms with Crippen molar-refractivity contribution < 1.29 is 17.9 Å². The summed E-state index contributed by atoms with van der Waals surface area (Å²) in [5.41, 5.74) is 1.03. The van der Waals surface area contributed by atoms with Gasteiger partial charge in [0.1, 0.15) is 11.5 Å². The van der Waals surface area contributed by atoms with Crippen LogP contribution in [0.5, 0.6) is 11.5 Å². The van der Waals surface area contributed by atoms with Crippen LogP contribution < -0.4 is 24.4 Å². The molecule has 1 fully saturated rings. The maximum Gasteiger partial charge on any atom is 0.262 e. The molecule has 2 aromatic rings. The topological polar surface area (TPSA) is 79.9 Å². The number of methoxy groups -OCH3 is 2. The highest BCUT2D eigenvalue weighted by molar-refractivity contribution is 7.92. The number of sulfonamides is 1. The molecule has 27 heavy (non-hydrogen) atoms. The number of nitrogens with zero attached hydrogens (tertiary/aromatic N) is 1. The molecule has 1 aliphatic heterocycles. The van der Waals surface area contributed by atoms with E-state index in [0.29, 0.717) is 16.5 Å². The van der Waals surface area contributed by atoms with E-state index in [1.807, 2.05) is 0 Å². The standard InChI is InChI=1S/C18H22ClN3O4S/c1-25-17-5-3-13(19)11-15(17)21-27(23,24)14-4-6-18(26-2)16(12-14)22-9-7-20-8-10-22/h3-6,11-12,20-21H,7-10H2,1-2H3. The van der Waals surface area contributed by atoms with E-state index in [9.17, 15) is 8.42 Å². The van der Waals surface area contributed by atoms with Gasteiger partial charge < -0.3 is 19.7 Å². The molecule has 0 aliphatic carbocycles. The zero-order chi connectivity index (χ0) is 19.4. The molecule has 0 aromatic heterocycles. The molecule has 0 atom stereocenters. The van der Waals surface area contributed by atoms with Crippen molar-refractivity contribution in [2.24, 2.45) is 0 Å². The molecule has 9 heteroatoms. The molecule has 146 valence electrons. The van der Waals surface area contributed by atoms with Crippen molar-refractivity contribution in [1.82, 2.24) is 5.32 Å². The number of hydrogen-bond acceptors (Lipinski definition) is 6. The Morgan fingerprint density at radius 1 is 1.04 bits per heavy atom. The number of ether oxygens (including phenoxy) is 2. The van der Waals surface area contributed by atoms with Gasteiger partial charge in [0.2, 0.25) is 0 Å². The molecule has 0 unspecified atom stereocenters. The van der Waals surface area contributed by atoms with E-state index in [0.717, 1.165) is 31.9 Å². The van der Waals surface area contributed by atoms with Crippen LogP contribution in [0.3, 0.4) is 0 Å². The predicted octanol–water partition coefficient (Wildman–Crippen LogP) is 2.57. The summed E-state index contributed by atoms with van der Waals surface area (Å²) < 4.78 is 39.1. The third-order valence-corrected chi connectivity index (χ3v) is 5.92. The SMILES string of the molecule is COc1ccc(Cl)cc1NS(=O)(=O)c1ccc(OC)c(N2CCNCC2)c1. The molecular weight excluding hydrogens is 390 g/mol. The summed E-state index contributed by atoms with van der Waals surface area (Å²) in [5, 5.41) is 3.69. The van der Waals surface area contributed by atoms with E-state index in [2.05, 4.69) is 14.9 Å². The van der Waals surface area contributed by atoms with Crippen LogP contribution in [0.4, 0.5) is 11.4 Å². The Bertz CT molecular complexity index is 915. The van der Waals surface area contributed by atoms with Crippen molar-refractivity contribution in [3.63, 3.8) is 0 Å². The van der Waals surface area contributed by atoms with Crippen molar-refractivity contribution in [3.05, 3.63) is 41.4 Å². The number of anilines is 2. The lowest BCUT2D eigenvalue weighted by molar-refractivity contribution is 0.412. The van der Waals surface area contributed by atoms with Crippen molar-refractivity contribution in [2.45, 2.75) is 4.90 Å². The molecule has 1 aliphatic rings. The Morgan fingerprint density at radius 3 is 2.37 bits per heavy atom. The quantitative estimate of drug-likeness (QED) is 0.760. The first-order valence-corrected chi connectivity index (χ1v) is 10.3. The Labute approximate surface area is 164 Å². The summed E-state index contributed by atoms with van der Waals surface area (Å²) in [6.07, 6.45) is 0. The molecule has 0 saturated carbocycles. The van der Waals surface area contributed by atoms with Crippen LogP contribution in [-0.2, 0) is 10.0 Å². The van der Waals surface area contributed by atoms with Gasteiger partial charge in [0.15, 0.2) is 0 Å². The highest BCUT2D eigenvalue weighted by Crippen LogP contribution is 2.34. The fraction of sp³-hybridized carbons (Fsp3) is 0.333.